The third kappa shape index (κ3) is 7.96. The number of alkyl halides is 3. The van der Waals surface area contributed by atoms with Crippen LogP contribution in [-0.4, -0.2) is 57.6 Å². The van der Waals surface area contributed by atoms with Gasteiger partial charge in [0.2, 0.25) is 0 Å². The summed E-state index contributed by atoms with van der Waals surface area (Å²) in [5, 5.41) is 0. The maximum Gasteiger partial charge on any atom is 0.389 e. The van der Waals surface area contributed by atoms with Crippen LogP contribution in [-0.2, 0) is 11.0 Å². The van der Waals surface area contributed by atoms with E-state index in [1.165, 1.54) is 0 Å². The largest absolute Gasteiger partial charge is 0.389 e. The molecule has 0 radical (unpaired) electrons. The normalized spacial score (nSPS) is 25.4. The zero-order valence-corrected chi connectivity index (χ0v) is 16.4. The molecule has 2 N–H and O–H groups in total. The van der Waals surface area contributed by atoms with Crippen molar-refractivity contribution in [1.29, 1.82) is 0 Å². The van der Waals surface area contributed by atoms with Gasteiger partial charge in [0.1, 0.15) is 11.0 Å². The number of likely N-dealkylation sites (tertiary alicyclic amines) is 1. The van der Waals surface area contributed by atoms with E-state index in [4.69, 9.17) is 5.73 Å². The lowest BCUT2D eigenvalue weighted by molar-refractivity contribution is -0.136. The first-order valence-electron chi connectivity index (χ1n) is 9.59. The highest BCUT2D eigenvalue weighted by Crippen LogP contribution is 2.25. The molecule has 2 aliphatic rings. The Labute approximate surface area is 157 Å². The molecule has 3 atom stereocenters. The van der Waals surface area contributed by atoms with Gasteiger partial charge in [0, 0.05) is 31.0 Å². The molecule has 0 aromatic rings. The second-order valence-electron chi connectivity index (χ2n) is 7.79. The van der Waals surface area contributed by atoms with Crippen LogP contribution in [0.4, 0.5) is 13.2 Å². The fraction of sp³-hybridized carbons (Fsp3) is 0.889. The highest BCUT2D eigenvalue weighted by Gasteiger charge is 2.28. The minimum atomic E-state index is -4.06. The lowest BCUT2D eigenvalue weighted by Gasteiger charge is -2.34. The molecule has 0 aliphatic carbocycles. The van der Waals surface area contributed by atoms with Crippen LogP contribution in [0.25, 0.3) is 0 Å². The maximum absolute atomic E-state index is 12.7. The Morgan fingerprint density at radius 2 is 1.96 bits per heavy atom. The molecule has 2 heterocycles. The highest BCUT2D eigenvalue weighted by atomic mass is 32.2. The fourth-order valence-electron chi connectivity index (χ4n) is 3.79. The zero-order valence-electron chi connectivity index (χ0n) is 15.6. The summed E-state index contributed by atoms with van der Waals surface area (Å²) in [6.07, 6.45) is 3.19. The summed E-state index contributed by atoms with van der Waals surface area (Å²) in [6.45, 7) is 4.91. The standard InChI is InChI=1S/C18H32F3N3OS/c1-15(22)12-17-4-2-9-24(13-17)26(25)14-16-5-10-23(11-6-16)8-3-7-18(19,20)21/h2,9,15-17H,3-8,10-14,22H2,1H3/t15?,17-,26?/m0/s1. The number of halogens is 3. The Morgan fingerprint density at radius 1 is 1.27 bits per heavy atom. The third-order valence-electron chi connectivity index (χ3n) is 5.17. The number of nitrogens with zero attached hydrogens (tertiary/aromatic N) is 2. The molecule has 152 valence electrons. The first kappa shape index (κ1) is 21.7. The quantitative estimate of drug-likeness (QED) is 0.686. The molecule has 1 fully saturated rings. The average molecular weight is 396 g/mol. The molecule has 2 rings (SSSR count). The first-order valence-corrected chi connectivity index (χ1v) is 10.9. The molecule has 0 amide bonds. The van der Waals surface area contributed by atoms with Crippen LogP contribution in [0.5, 0.6) is 0 Å². The molecular formula is C18H32F3N3OS. The van der Waals surface area contributed by atoms with Crippen molar-refractivity contribution in [3.05, 3.63) is 12.3 Å². The summed E-state index contributed by atoms with van der Waals surface area (Å²) in [5.41, 5.74) is 5.88. The van der Waals surface area contributed by atoms with Crippen molar-refractivity contribution in [2.45, 2.75) is 57.7 Å². The lowest BCUT2D eigenvalue weighted by atomic mass is 9.96. The second kappa shape index (κ2) is 10.1. The van der Waals surface area contributed by atoms with Crippen molar-refractivity contribution in [2.24, 2.45) is 17.6 Å². The van der Waals surface area contributed by atoms with E-state index >= 15 is 0 Å². The van der Waals surface area contributed by atoms with Gasteiger partial charge in [-0.05, 0) is 70.5 Å². The van der Waals surface area contributed by atoms with Gasteiger partial charge in [0.05, 0.1) is 0 Å². The smallest absolute Gasteiger partial charge is 0.328 e. The topological polar surface area (TPSA) is 49.6 Å². The first-order chi connectivity index (χ1) is 12.2. The molecule has 2 unspecified atom stereocenters. The van der Waals surface area contributed by atoms with E-state index < -0.39 is 23.6 Å². The van der Waals surface area contributed by atoms with Crippen molar-refractivity contribution in [1.82, 2.24) is 9.21 Å². The molecule has 0 bridgehead atoms. The zero-order chi connectivity index (χ0) is 19.2. The molecule has 1 saturated heterocycles. The van der Waals surface area contributed by atoms with Gasteiger partial charge < -0.3 is 10.6 Å². The van der Waals surface area contributed by atoms with Gasteiger partial charge in [-0.3, -0.25) is 4.31 Å². The van der Waals surface area contributed by atoms with Crippen LogP contribution in [0.3, 0.4) is 0 Å². The van der Waals surface area contributed by atoms with Crippen molar-refractivity contribution in [3.8, 4) is 0 Å². The van der Waals surface area contributed by atoms with Crippen molar-refractivity contribution < 1.29 is 17.4 Å². The Morgan fingerprint density at radius 3 is 2.58 bits per heavy atom. The van der Waals surface area contributed by atoms with Crippen LogP contribution >= 0.6 is 0 Å². The van der Waals surface area contributed by atoms with E-state index in [1.54, 1.807) is 0 Å². The predicted molar refractivity (Wildman–Crippen MR) is 99.7 cm³/mol. The molecule has 0 aromatic heterocycles. The van der Waals surface area contributed by atoms with Crippen molar-refractivity contribution >= 4 is 11.0 Å². The number of piperidine rings is 1. The van der Waals surface area contributed by atoms with E-state index in [2.05, 4.69) is 11.0 Å². The minimum Gasteiger partial charge on any atom is -0.328 e. The number of hydrogen-bond donors (Lipinski definition) is 1. The van der Waals surface area contributed by atoms with Gasteiger partial charge in [-0.1, -0.05) is 6.08 Å². The molecule has 0 spiro atoms. The molecule has 0 aromatic carbocycles. The van der Waals surface area contributed by atoms with E-state index in [-0.39, 0.29) is 12.5 Å². The maximum atomic E-state index is 12.7. The summed E-state index contributed by atoms with van der Waals surface area (Å²) in [7, 11) is -1.03. The average Bonchev–Trinajstić information content (AvgIpc) is 2.55. The van der Waals surface area contributed by atoms with Gasteiger partial charge in [-0.25, -0.2) is 4.21 Å². The summed E-state index contributed by atoms with van der Waals surface area (Å²) >= 11 is 0. The van der Waals surface area contributed by atoms with Crippen LogP contribution < -0.4 is 5.73 Å². The van der Waals surface area contributed by atoms with Gasteiger partial charge in [0.15, 0.2) is 0 Å². The van der Waals surface area contributed by atoms with Gasteiger partial charge in [-0.15, -0.1) is 0 Å². The van der Waals surface area contributed by atoms with Crippen LogP contribution in [0.1, 0.15) is 45.4 Å². The summed E-state index contributed by atoms with van der Waals surface area (Å²) < 4.78 is 51.3. The van der Waals surface area contributed by atoms with Crippen molar-refractivity contribution in [2.75, 3.05) is 31.9 Å². The Hall–Kier alpha value is -0.600. The van der Waals surface area contributed by atoms with E-state index in [9.17, 15) is 17.4 Å². The predicted octanol–water partition coefficient (Wildman–Crippen LogP) is 3.28. The lowest BCUT2D eigenvalue weighted by Crippen LogP contribution is -2.39. The SMILES string of the molecule is CC(N)C[C@@H]1CC=CN(S(=O)CC2CCN(CCCC(F)(F)F)CC2)C1. The van der Waals surface area contributed by atoms with Gasteiger partial charge in [-0.2, -0.15) is 13.2 Å². The fourth-order valence-corrected chi connectivity index (χ4v) is 5.31. The monoisotopic (exact) mass is 395 g/mol. The second-order valence-corrected chi connectivity index (χ2v) is 9.24. The molecular weight excluding hydrogens is 363 g/mol. The Kier molecular flexibility index (Phi) is 8.41. The molecule has 4 nitrogen and oxygen atoms in total. The van der Waals surface area contributed by atoms with Crippen molar-refractivity contribution in [3.63, 3.8) is 0 Å². The minimum absolute atomic E-state index is 0.156. The highest BCUT2D eigenvalue weighted by molar-refractivity contribution is 7.82. The molecule has 8 heteroatoms. The summed E-state index contributed by atoms with van der Waals surface area (Å²) in [5.74, 6) is 1.49. The molecule has 26 heavy (non-hydrogen) atoms. The van der Waals surface area contributed by atoms with E-state index in [1.807, 2.05) is 17.4 Å². The van der Waals surface area contributed by atoms with Gasteiger partial charge in [0.25, 0.3) is 0 Å². The number of nitrogens with two attached hydrogens (primary N) is 1. The third-order valence-corrected chi connectivity index (χ3v) is 6.72. The van der Waals surface area contributed by atoms with Crippen LogP contribution in [0.15, 0.2) is 12.3 Å². The summed E-state index contributed by atoms with van der Waals surface area (Å²) in [4.78, 5) is 2.10. The van der Waals surface area contributed by atoms with E-state index in [0.717, 1.165) is 45.3 Å². The number of rotatable bonds is 8. The van der Waals surface area contributed by atoms with Crippen LogP contribution in [0, 0.1) is 11.8 Å². The van der Waals surface area contributed by atoms with E-state index in [0.29, 0.717) is 24.1 Å². The Balaban J connectivity index is 1.68. The molecule has 2 aliphatic heterocycles. The molecule has 0 saturated carbocycles. The van der Waals surface area contributed by atoms with Crippen LogP contribution in [0.2, 0.25) is 0 Å². The van der Waals surface area contributed by atoms with Gasteiger partial charge >= 0.3 is 6.18 Å². The summed E-state index contributed by atoms with van der Waals surface area (Å²) in [6, 6.07) is 0.156. The Bertz CT molecular complexity index is 477. The number of hydrogen-bond acceptors (Lipinski definition) is 3. The number of allylic oxidation sites excluding steroid dienone is 1.